The molecule has 0 aliphatic carbocycles. The Kier molecular flexibility index (Phi) is 9.43. The number of non-ortho nitro benzene ring substituents is 1. The van der Waals surface area contributed by atoms with Crippen LogP contribution in [0.1, 0.15) is 15.9 Å². The lowest BCUT2D eigenvalue weighted by Crippen LogP contribution is -2.48. The highest BCUT2D eigenvalue weighted by Gasteiger charge is 2.22. The number of anilines is 2. The van der Waals surface area contributed by atoms with E-state index < -0.39 is 14.9 Å². The molecule has 2 N–H and O–H groups in total. The number of amides is 1. The number of nitrogens with zero attached hydrogens (tertiary/aromatic N) is 4. The number of rotatable bonds is 9. The zero-order valence-electron chi connectivity index (χ0n) is 22.1. The van der Waals surface area contributed by atoms with Crippen LogP contribution < -0.4 is 14.9 Å². The van der Waals surface area contributed by atoms with Gasteiger partial charge in [-0.3, -0.25) is 24.5 Å². The number of hydrogen-bond acceptors (Lipinski definition) is 9. The van der Waals surface area contributed by atoms with Crippen LogP contribution in [0.4, 0.5) is 16.5 Å². The van der Waals surface area contributed by atoms with Crippen LogP contribution in [0.15, 0.2) is 71.6 Å². The maximum atomic E-state index is 12.9. The number of carbonyl (C=O) groups excluding carboxylic acids is 1. The van der Waals surface area contributed by atoms with E-state index >= 15 is 0 Å². The molecule has 1 fully saturated rings. The van der Waals surface area contributed by atoms with Gasteiger partial charge in [0.2, 0.25) is 0 Å². The Balaban J connectivity index is 0.00000387. The second-order valence-corrected chi connectivity index (χ2v) is 12.1. The molecule has 0 bridgehead atoms. The van der Waals surface area contributed by atoms with Crippen LogP contribution in [0.25, 0.3) is 10.2 Å². The monoisotopic (exact) mass is 616 g/mol. The van der Waals surface area contributed by atoms with Gasteiger partial charge in [0.15, 0.2) is 5.13 Å². The zero-order chi connectivity index (χ0) is 28.3. The summed E-state index contributed by atoms with van der Waals surface area (Å²) < 4.78 is 29.0. The van der Waals surface area contributed by atoms with Gasteiger partial charge in [-0.2, -0.15) is 0 Å². The molecule has 1 amide bonds. The summed E-state index contributed by atoms with van der Waals surface area (Å²) in [7, 11) is -3.84. The predicted octanol–water partition coefficient (Wildman–Crippen LogP) is 4.29. The molecule has 1 aliphatic heterocycles. The number of nitro benzene ring substituents is 1. The third-order valence-corrected chi connectivity index (χ3v) is 9.14. The van der Waals surface area contributed by atoms with Crippen molar-refractivity contribution in [3.8, 4) is 0 Å². The molecule has 0 unspecified atom stereocenters. The van der Waals surface area contributed by atoms with Crippen molar-refractivity contribution in [2.45, 2.75) is 11.8 Å². The van der Waals surface area contributed by atoms with Crippen molar-refractivity contribution in [1.82, 2.24) is 15.2 Å². The normalized spacial score (nSPS) is 13.9. The molecule has 1 aliphatic rings. The van der Waals surface area contributed by atoms with Crippen molar-refractivity contribution in [2.24, 2.45) is 0 Å². The maximum Gasteiger partial charge on any atom is 0.270 e. The first kappa shape index (κ1) is 30.2. The Hall–Kier alpha value is -3.78. The lowest BCUT2D eigenvalue weighted by Gasteiger charge is -2.34. The molecule has 1 aromatic heterocycles. The molecule has 1 saturated heterocycles. The van der Waals surface area contributed by atoms with Crippen LogP contribution in [0.3, 0.4) is 0 Å². The minimum atomic E-state index is -3.84. The average molecular weight is 617 g/mol. The van der Waals surface area contributed by atoms with Gasteiger partial charge in [-0.25, -0.2) is 13.4 Å². The number of carbonyl (C=O) groups is 1. The summed E-state index contributed by atoms with van der Waals surface area (Å²) in [4.78, 5) is 32.8. The fourth-order valence-electron chi connectivity index (χ4n) is 4.43. The van der Waals surface area contributed by atoms with Crippen LogP contribution in [-0.4, -0.2) is 68.4 Å². The van der Waals surface area contributed by atoms with E-state index in [9.17, 15) is 23.3 Å². The molecule has 216 valence electrons. The SMILES string of the molecule is Cc1ccc(S(=O)(=O)Nc2ccccc2C(=O)NCCN2CCN(c3nc4ccc([N+](=O)[O-])cc4s3)CC2)cc1.Cl. The number of para-hydroxylation sites is 1. The Bertz CT molecular complexity index is 1650. The van der Waals surface area contributed by atoms with Crippen LogP contribution >= 0.6 is 23.7 Å². The summed E-state index contributed by atoms with van der Waals surface area (Å²) in [6.45, 7) is 5.98. The highest BCUT2D eigenvalue weighted by molar-refractivity contribution is 7.92. The third kappa shape index (κ3) is 7.11. The predicted molar refractivity (Wildman–Crippen MR) is 163 cm³/mol. The van der Waals surface area contributed by atoms with Gasteiger partial charge >= 0.3 is 0 Å². The summed E-state index contributed by atoms with van der Waals surface area (Å²) in [5, 5.41) is 14.8. The van der Waals surface area contributed by atoms with Gasteiger partial charge in [0, 0.05) is 51.4 Å². The summed E-state index contributed by atoms with van der Waals surface area (Å²) >= 11 is 1.45. The first-order valence-corrected chi connectivity index (χ1v) is 15.0. The fourth-order valence-corrected chi connectivity index (χ4v) is 6.56. The van der Waals surface area contributed by atoms with Gasteiger partial charge in [0.1, 0.15) is 0 Å². The molecule has 4 aromatic rings. The molecule has 2 heterocycles. The quantitative estimate of drug-likeness (QED) is 0.210. The van der Waals surface area contributed by atoms with Gasteiger partial charge in [0.25, 0.3) is 21.6 Å². The molecule has 14 heteroatoms. The Morgan fingerprint density at radius 1 is 1.05 bits per heavy atom. The number of fused-ring (bicyclic) bond motifs is 1. The van der Waals surface area contributed by atoms with E-state index in [1.165, 1.54) is 29.5 Å². The standard InChI is InChI=1S/C27H28N6O5S2.ClH/c1-19-6-9-21(10-7-19)40(37,38)30-23-5-3-2-4-22(23)26(34)28-12-13-31-14-16-32(17-15-31)27-29-24-11-8-20(33(35)36)18-25(24)39-27;/h2-11,18,30H,12-17H2,1H3,(H,28,34);1H. The smallest absolute Gasteiger partial charge is 0.270 e. The minimum absolute atomic E-state index is 0. The molecule has 11 nitrogen and oxygen atoms in total. The number of benzene rings is 3. The first-order valence-electron chi connectivity index (χ1n) is 12.7. The van der Waals surface area contributed by atoms with E-state index in [-0.39, 0.29) is 40.1 Å². The van der Waals surface area contributed by atoms with Gasteiger partial charge in [-0.1, -0.05) is 41.2 Å². The molecule has 3 aromatic carbocycles. The van der Waals surface area contributed by atoms with Gasteiger partial charge in [0.05, 0.1) is 31.3 Å². The first-order chi connectivity index (χ1) is 19.2. The van der Waals surface area contributed by atoms with Crippen molar-refractivity contribution in [2.75, 3.05) is 48.9 Å². The van der Waals surface area contributed by atoms with E-state index in [1.807, 2.05) is 6.92 Å². The number of nitro groups is 1. The van der Waals surface area contributed by atoms with Crippen LogP contribution in [0, 0.1) is 17.0 Å². The van der Waals surface area contributed by atoms with E-state index in [1.54, 1.807) is 48.5 Å². The summed E-state index contributed by atoms with van der Waals surface area (Å²) in [5.74, 6) is -0.357. The largest absolute Gasteiger partial charge is 0.351 e. The molecule has 0 saturated carbocycles. The number of aromatic nitrogens is 1. The van der Waals surface area contributed by atoms with Gasteiger partial charge < -0.3 is 10.2 Å². The van der Waals surface area contributed by atoms with E-state index in [2.05, 4.69) is 24.8 Å². The van der Waals surface area contributed by atoms with Crippen molar-refractivity contribution in [3.63, 3.8) is 0 Å². The topological polar surface area (TPSA) is 138 Å². The fraction of sp³-hybridized carbons (Fsp3) is 0.259. The maximum absolute atomic E-state index is 12.9. The van der Waals surface area contributed by atoms with E-state index in [4.69, 9.17) is 0 Å². The summed E-state index contributed by atoms with van der Waals surface area (Å²) in [6, 6.07) is 17.7. The van der Waals surface area contributed by atoms with Crippen molar-refractivity contribution < 1.29 is 18.1 Å². The molecule has 0 radical (unpaired) electrons. The van der Waals surface area contributed by atoms with E-state index in [0.29, 0.717) is 13.1 Å². The number of piperazine rings is 1. The number of thiazole rings is 1. The van der Waals surface area contributed by atoms with Crippen LogP contribution in [0.5, 0.6) is 0 Å². The highest BCUT2D eigenvalue weighted by atomic mass is 35.5. The van der Waals surface area contributed by atoms with Crippen molar-refractivity contribution in [3.05, 3.63) is 88.0 Å². The van der Waals surface area contributed by atoms with Crippen molar-refractivity contribution >= 4 is 66.4 Å². The number of hydrogen-bond donors (Lipinski definition) is 2. The summed E-state index contributed by atoms with van der Waals surface area (Å²) in [6.07, 6.45) is 0. The Labute approximate surface area is 247 Å². The second kappa shape index (κ2) is 12.8. The highest BCUT2D eigenvalue weighted by Crippen LogP contribution is 2.31. The molecule has 5 rings (SSSR count). The van der Waals surface area contributed by atoms with Gasteiger partial charge in [-0.05, 0) is 37.3 Å². The lowest BCUT2D eigenvalue weighted by molar-refractivity contribution is -0.384. The summed E-state index contributed by atoms with van der Waals surface area (Å²) in [5.41, 5.74) is 2.22. The minimum Gasteiger partial charge on any atom is -0.351 e. The average Bonchev–Trinajstić information content (AvgIpc) is 3.37. The number of aryl methyl sites for hydroxylation is 1. The molecular weight excluding hydrogens is 588 g/mol. The third-order valence-electron chi connectivity index (χ3n) is 6.68. The number of halogens is 1. The zero-order valence-corrected chi connectivity index (χ0v) is 24.6. The van der Waals surface area contributed by atoms with Crippen LogP contribution in [-0.2, 0) is 10.0 Å². The van der Waals surface area contributed by atoms with E-state index in [0.717, 1.165) is 47.1 Å². The van der Waals surface area contributed by atoms with Crippen molar-refractivity contribution in [1.29, 1.82) is 0 Å². The molecular formula is C27H29ClN6O5S2. The Morgan fingerprint density at radius 2 is 1.76 bits per heavy atom. The Morgan fingerprint density at radius 3 is 2.46 bits per heavy atom. The number of sulfonamides is 1. The van der Waals surface area contributed by atoms with Gasteiger partial charge in [-0.15, -0.1) is 12.4 Å². The molecule has 0 spiro atoms. The molecule has 0 atom stereocenters. The molecule has 41 heavy (non-hydrogen) atoms. The lowest BCUT2D eigenvalue weighted by atomic mass is 10.1. The number of nitrogens with one attached hydrogen (secondary N) is 2. The second-order valence-electron chi connectivity index (χ2n) is 9.45. The van der Waals surface area contributed by atoms with Crippen LogP contribution in [0.2, 0.25) is 0 Å².